The van der Waals surface area contributed by atoms with E-state index in [1.165, 1.54) is 0 Å². The number of hydrogen-bond donors (Lipinski definition) is 1. The number of benzene rings is 2. The van der Waals surface area contributed by atoms with E-state index in [0.29, 0.717) is 20.8 Å². The molecule has 1 N–H and O–H groups in total. The highest BCUT2D eigenvalue weighted by atomic mass is 35.5. The Morgan fingerprint density at radius 1 is 1.08 bits per heavy atom. The minimum absolute atomic E-state index is 0.0842. The van der Waals surface area contributed by atoms with Gasteiger partial charge in [0.1, 0.15) is 0 Å². The maximum absolute atomic E-state index is 11.5. The molecule has 2 aromatic carbocycles. The van der Waals surface area contributed by atoms with E-state index in [9.17, 15) is 9.90 Å². The van der Waals surface area contributed by atoms with Crippen molar-refractivity contribution in [2.45, 2.75) is 13.0 Å². The molecule has 4 nitrogen and oxygen atoms in total. The third-order valence-electron chi connectivity index (χ3n) is 3.97. The zero-order chi connectivity index (χ0) is 17.4. The SMILES string of the molecule is CC1C(C(=O)O)=NN(c2ccc(Cl)cc2Cl)[C@H]1c1ccc(Cl)cc1. The highest BCUT2D eigenvalue weighted by molar-refractivity contribution is 6.38. The van der Waals surface area contributed by atoms with Crippen LogP contribution in [0.1, 0.15) is 18.5 Å². The van der Waals surface area contributed by atoms with Crippen molar-refractivity contribution in [2.24, 2.45) is 11.0 Å². The second-order valence-corrected chi connectivity index (χ2v) is 6.80. The molecular formula is C17H13Cl3N2O2. The van der Waals surface area contributed by atoms with Crippen molar-refractivity contribution in [3.63, 3.8) is 0 Å². The summed E-state index contributed by atoms with van der Waals surface area (Å²) in [6.07, 6.45) is 0. The third-order valence-corrected chi connectivity index (χ3v) is 4.76. The van der Waals surface area contributed by atoms with Gasteiger partial charge in [-0.25, -0.2) is 4.79 Å². The van der Waals surface area contributed by atoms with Crippen LogP contribution in [0.5, 0.6) is 0 Å². The Bertz CT molecular complexity index is 821. The van der Waals surface area contributed by atoms with Crippen LogP contribution in [0.2, 0.25) is 15.1 Å². The summed E-state index contributed by atoms with van der Waals surface area (Å²) in [5.41, 5.74) is 1.59. The molecule has 3 rings (SSSR count). The smallest absolute Gasteiger partial charge is 0.352 e. The molecule has 0 saturated heterocycles. The van der Waals surface area contributed by atoms with E-state index in [4.69, 9.17) is 34.8 Å². The normalized spacial score (nSPS) is 20.2. The highest BCUT2D eigenvalue weighted by Gasteiger charge is 2.39. The lowest BCUT2D eigenvalue weighted by molar-refractivity contribution is -0.129. The Kier molecular flexibility index (Phi) is 4.72. The van der Waals surface area contributed by atoms with Gasteiger partial charge in [-0.3, -0.25) is 5.01 Å². The minimum atomic E-state index is -1.05. The number of carbonyl (C=O) groups is 1. The van der Waals surface area contributed by atoms with Crippen LogP contribution in [0.4, 0.5) is 5.69 Å². The summed E-state index contributed by atoms with van der Waals surface area (Å²) in [7, 11) is 0. The number of hydrazone groups is 1. The Morgan fingerprint density at radius 2 is 1.71 bits per heavy atom. The van der Waals surface area contributed by atoms with Gasteiger partial charge in [-0.15, -0.1) is 0 Å². The predicted molar refractivity (Wildman–Crippen MR) is 97.4 cm³/mol. The molecule has 0 aliphatic carbocycles. The molecule has 2 atom stereocenters. The Balaban J connectivity index is 2.11. The zero-order valence-corrected chi connectivity index (χ0v) is 14.8. The molecule has 1 aliphatic rings. The van der Waals surface area contributed by atoms with Gasteiger partial charge < -0.3 is 5.11 Å². The second-order valence-electron chi connectivity index (χ2n) is 5.52. The van der Waals surface area contributed by atoms with Gasteiger partial charge in [0.25, 0.3) is 0 Å². The van der Waals surface area contributed by atoms with E-state index in [1.54, 1.807) is 35.3 Å². The lowest BCUT2D eigenvalue weighted by Gasteiger charge is -2.27. The third kappa shape index (κ3) is 3.09. The van der Waals surface area contributed by atoms with E-state index in [1.807, 2.05) is 19.1 Å². The largest absolute Gasteiger partial charge is 0.477 e. The predicted octanol–water partition coefficient (Wildman–Crippen LogP) is 5.28. The number of hydrogen-bond acceptors (Lipinski definition) is 3. The summed E-state index contributed by atoms with van der Waals surface area (Å²) in [5.74, 6) is -1.37. The van der Waals surface area contributed by atoms with Crippen molar-refractivity contribution in [3.8, 4) is 0 Å². The van der Waals surface area contributed by atoms with E-state index in [2.05, 4.69) is 5.10 Å². The summed E-state index contributed by atoms with van der Waals surface area (Å²) in [6.45, 7) is 1.83. The van der Waals surface area contributed by atoms with Gasteiger partial charge in [0, 0.05) is 16.0 Å². The number of halogens is 3. The zero-order valence-electron chi connectivity index (χ0n) is 12.6. The van der Waals surface area contributed by atoms with Crippen LogP contribution in [-0.4, -0.2) is 16.8 Å². The summed E-state index contributed by atoms with van der Waals surface area (Å²) in [6, 6.07) is 12.0. The van der Waals surface area contributed by atoms with Crippen LogP contribution in [-0.2, 0) is 4.79 Å². The molecule has 0 bridgehead atoms. The first-order valence-electron chi connectivity index (χ1n) is 7.20. The molecule has 1 unspecified atom stereocenters. The molecule has 0 amide bonds. The van der Waals surface area contributed by atoms with Gasteiger partial charge in [0.15, 0.2) is 5.71 Å². The molecule has 0 fully saturated rings. The Hall–Kier alpha value is -1.75. The van der Waals surface area contributed by atoms with Crippen molar-refractivity contribution in [2.75, 3.05) is 5.01 Å². The fourth-order valence-electron chi connectivity index (χ4n) is 2.83. The second kappa shape index (κ2) is 6.63. The van der Waals surface area contributed by atoms with Crippen LogP contribution in [0.25, 0.3) is 0 Å². The quantitative estimate of drug-likeness (QED) is 0.784. The number of nitrogens with zero attached hydrogens (tertiary/aromatic N) is 2. The highest BCUT2D eigenvalue weighted by Crippen LogP contribution is 2.42. The number of carboxylic acid groups (broad SMARTS) is 1. The monoisotopic (exact) mass is 382 g/mol. The molecule has 0 spiro atoms. The van der Waals surface area contributed by atoms with Crippen molar-refractivity contribution in [1.82, 2.24) is 0 Å². The van der Waals surface area contributed by atoms with Crippen molar-refractivity contribution >= 4 is 52.2 Å². The summed E-state index contributed by atoms with van der Waals surface area (Å²) in [5, 5.41) is 16.9. The van der Waals surface area contributed by atoms with Crippen molar-refractivity contribution in [3.05, 3.63) is 63.1 Å². The summed E-state index contributed by atoms with van der Waals surface area (Å²) >= 11 is 18.2. The van der Waals surface area contributed by atoms with Crippen molar-refractivity contribution < 1.29 is 9.90 Å². The minimum Gasteiger partial charge on any atom is -0.477 e. The first-order valence-corrected chi connectivity index (χ1v) is 8.33. The summed E-state index contributed by atoms with van der Waals surface area (Å²) in [4.78, 5) is 11.5. The summed E-state index contributed by atoms with van der Waals surface area (Å²) < 4.78 is 0. The molecule has 124 valence electrons. The first kappa shape index (κ1) is 17.1. The standard InChI is InChI=1S/C17H13Cl3N2O2/c1-9-15(17(23)24)21-22(14-7-6-12(19)8-13(14)20)16(9)10-2-4-11(18)5-3-10/h2-9,16H,1H3,(H,23,24)/t9?,16-/m1/s1. The van der Waals surface area contributed by atoms with E-state index in [-0.39, 0.29) is 17.7 Å². The van der Waals surface area contributed by atoms with Crippen LogP contribution in [0.15, 0.2) is 47.6 Å². The van der Waals surface area contributed by atoms with Gasteiger partial charge >= 0.3 is 5.97 Å². The van der Waals surface area contributed by atoms with E-state index < -0.39 is 5.97 Å². The average molecular weight is 384 g/mol. The van der Waals surface area contributed by atoms with Crippen molar-refractivity contribution in [1.29, 1.82) is 0 Å². The van der Waals surface area contributed by atoms with Gasteiger partial charge in [-0.05, 0) is 35.9 Å². The fraction of sp³-hybridized carbons (Fsp3) is 0.176. The molecule has 0 aromatic heterocycles. The lowest BCUT2D eigenvalue weighted by atomic mass is 9.91. The first-order chi connectivity index (χ1) is 11.4. The molecule has 24 heavy (non-hydrogen) atoms. The Labute approximate surface area is 154 Å². The number of anilines is 1. The van der Waals surface area contributed by atoms with E-state index in [0.717, 1.165) is 5.56 Å². The number of carboxylic acids is 1. The molecule has 0 radical (unpaired) electrons. The topological polar surface area (TPSA) is 52.9 Å². The molecule has 1 aliphatic heterocycles. The molecule has 0 saturated carbocycles. The molecular weight excluding hydrogens is 371 g/mol. The van der Waals surface area contributed by atoms with Gasteiger partial charge in [-0.1, -0.05) is 53.9 Å². The maximum Gasteiger partial charge on any atom is 0.352 e. The van der Waals surface area contributed by atoms with Crippen LogP contribution in [0, 0.1) is 5.92 Å². The number of aliphatic carboxylic acids is 1. The average Bonchev–Trinajstić information content (AvgIpc) is 2.86. The fourth-order valence-corrected chi connectivity index (χ4v) is 3.45. The molecule has 7 heteroatoms. The van der Waals surface area contributed by atoms with Crippen LogP contribution >= 0.6 is 34.8 Å². The lowest BCUT2D eigenvalue weighted by Crippen LogP contribution is -2.26. The number of rotatable bonds is 3. The maximum atomic E-state index is 11.5. The Morgan fingerprint density at radius 3 is 2.29 bits per heavy atom. The van der Waals surface area contributed by atoms with Crippen LogP contribution < -0.4 is 5.01 Å². The molecule has 1 heterocycles. The van der Waals surface area contributed by atoms with Crippen LogP contribution in [0.3, 0.4) is 0 Å². The molecule has 2 aromatic rings. The van der Waals surface area contributed by atoms with Gasteiger partial charge in [0.2, 0.25) is 0 Å². The van der Waals surface area contributed by atoms with E-state index >= 15 is 0 Å². The van der Waals surface area contributed by atoms with Gasteiger partial charge in [0.05, 0.1) is 16.8 Å². The van der Waals surface area contributed by atoms with Gasteiger partial charge in [-0.2, -0.15) is 5.10 Å².